The molecule has 1 heterocycles. The minimum absolute atomic E-state index is 0.0000270. The monoisotopic (exact) mass is 459 g/mol. The van der Waals surface area contributed by atoms with Crippen LogP contribution in [0.25, 0.3) is 6.08 Å². The number of halogens is 2. The maximum atomic E-state index is 12.6. The van der Waals surface area contributed by atoms with E-state index >= 15 is 0 Å². The fourth-order valence-electron chi connectivity index (χ4n) is 2.81. The molecule has 0 spiro atoms. The average Bonchev–Trinajstić information content (AvgIpc) is 2.96. The number of nitrogens with zero attached hydrogens (tertiary/aromatic N) is 1. The van der Waals surface area contributed by atoms with Gasteiger partial charge in [-0.25, -0.2) is 9.69 Å². The van der Waals surface area contributed by atoms with Gasteiger partial charge in [0, 0.05) is 5.69 Å². The van der Waals surface area contributed by atoms with Crippen LogP contribution in [-0.4, -0.2) is 35.9 Å². The van der Waals surface area contributed by atoms with Crippen molar-refractivity contribution in [1.82, 2.24) is 10.2 Å². The second-order valence-electron chi connectivity index (χ2n) is 6.71. The van der Waals surface area contributed by atoms with Crippen molar-refractivity contribution >= 4 is 52.8 Å². The quantitative estimate of drug-likeness (QED) is 0.364. The number of urea groups is 1. The van der Waals surface area contributed by atoms with Crippen LogP contribution in [0, 0.1) is 6.92 Å². The number of carbonyl (C=O) groups is 3. The van der Waals surface area contributed by atoms with Crippen LogP contribution in [0.15, 0.2) is 54.8 Å². The van der Waals surface area contributed by atoms with Crippen molar-refractivity contribution < 1.29 is 19.1 Å². The molecular formula is C22H19Cl2N3O4. The molecule has 0 aliphatic carbocycles. The second-order valence-corrected chi connectivity index (χ2v) is 7.52. The fourth-order valence-corrected chi connectivity index (χ4v) is 3.42. The van der Waals surface area contributed by atoms with E-state index in [0.29, 0.717) is 17.0 Å². The Morgan fingerprint density at radius 2 is 1.84 bits per heavy atom. The smallest absolute Gasteiger partial charge is 0.329 e. The fraction of sp³-hybridized carbons (Fsp3) is 0.136. The standard InChI is InChI=1S/C22H19Cl2N3O4/c1-3-8-31-20-16(23)9-14(10-17(20)24)11-18-21(29)27(22(30)26-18)12-19(28)25-15-6-4-13(2)5-7-15/h3-7,9-11H,1,8,12H2,2H3,(H,25,28)(H,26,30)/b18-11+. The van der Waals surface area contributed by atoms with E-state index in [9.17, 15) is 14.4 Å². The van der Waals surface area contributed by atoms with Gasteiger partial charge in [0.1, 0.15) is 18.8 Å². The highest BCUT2D eigenvalue weighted by molar-refractivity contribution is 6.37. The normalized spacial score (nSPS) is 14.5. The van der Waals surface area contributed by atoms with Gasteiger partial charge in [0.25, 0.3) is 5.91 Å². The number of aryl methyl sites for hydroxylation is 1. The van der Waals surface area contributed by atoms with Crippen molar-refractivity contribution in [3.63, 3.8) is 0 Å². The Hall–Kier alpha value is -3.29. The summed E-state index contributed by atoms with van der Waals surface area (Å²) < 4.78 is 5.40. The first kappa shape index (κ1) is 22.4. The Balaban J connectivity index is 1.72. The zero-order chi connectivity index (χ0) is 22.5. The van der Waals surface area contributed by atoms with Gasteiger partial charge < -0.3 is 15.4 Å². The number of carbonyl (C=O) groups excluding carboxylic acids is 3. The molecule has 0 unspecified atom stereocenters. The molecule has 1 aliphatic rings. The van der Waals surface area contributed by atoms with Crippen molar-refractivity contribution in [2.45, 2.75) is 6.92 Å². The van der Waals surface area contributed by atoms with E-state index in [4.69, 9.17) is 27.9 Å². The third kappa shape index (κ3) is 5.45. The molecular weight excluding hydrogens is 441 g/mol. The van der Waals surface area contributed by atoms with E-state index < -0.39 is 24.4 Å². The van der Waals surface area contributed by atoms with Crippen LogP contribution in [0.3, 0.4) is 0 Å². The number of imide groups is 1. The highest BCUT2D eigenvalue weighted by Crippen LogP contribution is 2.35. The number of nitrogens with one attached hydrogen (secondary N) is 2. The number of anilines is 1. The van der Waals surface area contributed by atoms with Crippen LogP contribution in [0.4, 0.5) is 10.5 Å². The topological polar surface area (TPSA) is 87.7 Å². The lowest BCUT2D eigenvalue weighted by molar-refractivity contribution is -0.127. The van der Waals surface area contributed by atoms with Crippen molar-refractivity contribution in [1.29, 1.82) is 0 Å². The van der Waals surface area contributed by atoms with Crippen LogP contribution in [-0.2, 0) is 9.59 Å². The first-order valence-corrected chi connectivity index (χ1v) is 9.98. The van der Waals surface area contributed by atoms with Crippen molar-refractivity contribution in [3.05, 3.63) is 75.9 Å². The molecule has 0 bridgehead atoms. The Morgan fingerprint density at radius 3 is 2.45 bits per heavy atom. The maximum Gasteiger partial charge on any atom is 0.329 e. The van der Waals surface area contributed by atoms with E-state index in [1.165, 1.54) is 6.08 Å². The third-order valence-electron chi connectivity index (χ3n) is 4.28. The van der Waals surface area contributed by atoms with Crippen LogP contribution >= 0.6 is 23.2 Å². The van der Waals surface area contributed by atoms with Crippen LogP contribution in [0.5, 0.6) is 5.75 Å². The molecule has 2 aromatic rings. The van der Waals surface area contributed by atoms with Crippen molar-refractivity contribution in [2.24, 2.45) is 0 Å². The van der Waals surface area contributed by atoms with Gasteiger partial charge in [-0.1, -0.05) is 53.6 Å². The molecule has 31 heavy (non-hydrogen) atoms. The highest BCUT2D eigenvalue weighted by atomic mass is 35.5. The molecule has 9 heteroatoms. The zero-order valence-corrected chi connectivity index (χ0v) is 18.1. The lowest BCUT2D eigenvalue weighted by Crippen LogP contribution is -2.38. The molecule has 7 nitrogen and oxygen atoms in total. The molecule has 2 aromatic carbocycles. The van der Waals surface area contributed by atoms with E-state index in [1.54, 1.807) is 30.3 Å². The lowest BCUT2D eigenvalue weighted by Gasteiger charge is -2.12. The predicted molar refractivity (Wildman–Crippen MR) is 120 cm³/mol. The van der Waals surface area contributed by atoms with Crippen LogP contribution < -0.4 is 15.4 Å². The Labute approximate surface area is 189 Å². The van der Waals surface area contributed by atoms with Gasteiger partial charge in [-0.3, -0.25) is 9.59 Å². The summed E-state index contributed by atoms with van der Waals surface area (Å²) in [5.41, 5.74) is 2.10. The first-order valence-electron chi connectivity index (χ1n) is 9.22. The Morgan fingerprint density at radius 1 is 1.19 bits per heavy atom. The summed E-state index contributed by atoms with van der Waals surface area (Å²) in [6, 6.07) is 9.55. The predicted octanol–water partition coefficient (Wildman–Crippen LogP) is 4.40. The Bertz CT molecular complexity index is 1060. The average molecular weight is 460 g/mol. The van der Waals surface area contributed by atoms with E-state index in [1.807, 2.05) is 19.1 Å². The van der Waals surface area contributed by atoms with E-state index in [-0.39, 0.29) is 22.3 Å². The molecule has 1 aliphatic heterocycles. The summed E-state index contributed by atoms with van der Waals surface area (Å²) in [4.78, 5) is 37.9. The van der Waals surface area contributed by atoms with Gasteiger partial charge in [-0.05, 0) is 42.8 Å². The third-order valence-corrected chi connectivity index (χ3v) is 4.84. The number of amides is 4. The van der Waals surface area contributed by atoms with Crippen molar-refractivity contribution in [3.8, 4) is 5.75 Å². The molecule has 0 atom stereocenters. The van der Waals surface area contributed by atoms with Gasteiger partial charge >= 0.3 is 6.03 Å². The SMILES string of the molecule is C=CCOc1c(Cl)cc(/C=C2/NC(=O)N(CC(=O)Nc3ccc(C)cc3)C2=O)cc1Cl. The van der Waals surface area contributed by atoms with Crippen LogP contribution in [0.2, 0.25) is 10.0 Å². The van der Waals surface area contributed by atoms with E-state index in [0.717, 1.165) is 10.5 Å². The lowest BCUT2D eigenvalue weighted by atomic mass is 10.1. The van der Waals surface area contributed by atoms with Crippen molar-refractivity contribution in [2.75, 3.05) is 18.5 Å². The summed E-state index contributed by atoms with van der Waals surface area (Å²) in [5.74, 6) is -0.840. The number of hydrogen-bond acceptors (Lipinski definition) is 4. The summed E-state index contributed by atoms with van der Waals surface area (Å²) >= 11 is 12.4. The first-order chi connectivity index (χ1) is 14.8. The number of rotatable bonds is 7. The molecule has 1 saturated heterocycles. The summed E-state index contributed by atoms with van der Waals surface area (Å²) in [5, 5.41) is 5.59. The van der Waals surface area contributed by atoms with Gasteiger partial charge in [0.2, 0.25) is 5.91 Å². The Kier molecular flexibility index (Phi) is 6.99. The minimum atomic E-state index is -0.696. The number of ether oxygens (including phenoxy) is 1. The summed E-state index contributed by atoms with van der Waals surface area (Å²) in [6.45, 7) is 5.29. The van der Waals surface area contributed by atoms with E-state index in [2.05, 4.69) is 17.2 Å². The molecule has 3 rings (SSSR count). The van der Waals surface area contributed by atoms with Gasteiger partial charge in [0.05, 0.1) is 10.0 Å². The number of benzene rings is 2. The molecule has 4 amide bonds. The summed E-state index contributed by atoms with van der Waals surface area (Å²) in [6.07, 6.45) is 2.98. The molecule has 2 N–H and O–H groups in total. The van der Waals surface area contributed by atoms with Crippen LogP contribution in [0.1, 0.15) is 11.1 Å². The second kappa shape index (κ2) is 9.68. The largest absolute Gasteiger partial charge is 0.486 e. The number of hydrogen-bond donors (Lipinski definition) is 2. The molecule has 160 valence electrons. The minimum Gasteiger partial charge on any atom is -0.486 e. The summed E-state index contributed by atoms with van der Waals surface area (Å²) in [7, 11) is 0. The molecule has 0 aromatic heterocycles. The van der Waals surface area contributed by atoms with Gasteiger partial charge in [-0.15, -0.1) is 0 Å². The maximum absolute atomic E-state index is 12.6. The molecule has 0 saturated carbocycles. The zero-order valence-electron chi connectivity index (χ0n) is 16.6. The van der Waals surface area contributed by atoms with Gasteiger partial charge in [-0.2, -0.15) is 0 Å². The van der Waals surface area contributed by atoms with Gasteiger partial charge in [0.15, 0.2) is 5.75 Å². The molecule has 1 fully saturated rings. The highest BCUT2D eigenvalue weighted by Gasteiger charge is 2.35. The molecule has 0 radical (unpaired) electrons.